The molecule has 1 heterocycles. The summed E-state index contributed by atoms with van der Waals surface area (Å²) >= 11 is 0. The van der Waals surface area contributed by atoms with Gasteiger partial charge in [-0.25, -0.2) is 4.39 Å². The standard InChI is InChI=1S/C15H19F4NO/c1-9-7-14(12(10(2)21)8-13(9)16)20-5-3-11(4-6-20)15(17,18)19/h7-8,10-11,21H,3-6H2,1-2H3/t10-/m0/s1. The first-order valence-electron chi connectivity index (χ1n) is 7.00. The van der Waals surface area contributed by atoms with E-state index in [1.165, 1.54) is 13.0 Å². The van der Waals surface area contributed by atoms with Crippen LogP contribution in [0.4, 0.5) is 23.2 Å². The Kier molecular flexibility index (Phi) is 4.46. The lowest BCUT2D eigenvalue weighted by Crippen LogP contribution is -2.39. The molecule has 6 heteroatoms. The summed E-state index contributed by atoms with van der Waals surface area (Å²) in [6.07, 6.45) is -4.97. The molecule has 0 amide bonds. The molecule has 0 aliphatic carbocycles. The van der Waals surface area contributed by atoms with Crippen LogP contribution in [0.5, 0.6) is 0 Å². The summed E-state index contributed by atoms with van der Waals surface area (Å²) in [5.41, 5.74) is 1.47. The summed E-state index contributed by atoms with van der Waals surface area (Å²) in [6, 6.07) is 2.87. The van der Waals surface area contributed by atoms with E-state index >= 15 is 0 Å². The maximum absolute atomic E-state index is 13.6. The number of halogens is 4. The molecule has 21 heavy (non-hydrogen) atoms. The number of hydrogen-bond acceptors (Lipinski definition) is 2. The van der Waals surface area contributed by atoms with Crippen LogP contribution in [0.2, 0.25) is 0 Å². The number of alkyl halides is 3. The summed E-state index contributed by atoms with van der Waals surface area (Å²) in [4.78, 5) is 1.80. The lowest BCUT2D eigenvalue weighted by atomic mass is 9.94. The van der Waals surface area contributed by atoms with E-state index in [1.54, 1.807) is 17.9 Å². The number of aryl methyl sites for hydroxylation is 1. The van der Waals surface area contributed by atoms with Crippen molar-refractivity contribution in [1.29, 1.82) is 0 Å². The second kappa shape index (κ2) is 5.83. The average Bonchev–Trinajstić information content (AvgIpc) is 2.40. The first-order valence-corrected chi connectivity index (χ1v) is 7.00. The van der Waals surface area contributed by atoms with Gasteiger partial charge in [-0.1, -0.05) is 0 Å². The molecule has 0 radical (unpaired) electrons. The lowest BCUT2D eigenvalue weighted by molar-refractivity contribution is -0.179. The van der Waals surface area contributed by atoms with E-state index in [0.29, 0.717) is 16.8 Å². The van der Waals surface area contributed by atoms with Crippen molar-refractivity contribution in [3.63, 3.8) is 0 Å². The van der Waals surface area contributed by atoms with Crippen LogP contribution >= 0.6 is 0 Å². The SMILES string of the molecule is Cc1cc(N2CCC(C(F)(F)F)CC2)c([C@H](C)O)cc1F. The molecule has 1 aliphatic heterocycles. The van der Waals surface area contributed by atoms with E-state index in [1.807, 2.05) is 0 Å². The zero-order chi connectivity index (χ0) is 15.8. The third-order valence-electron chi connectivity index (χ3n) is 4.06. The predicted molar refractivity (Wildman–Crippen MR) is 72.8 cm³/mol. The molecule has 0 aromatic heterocycles. The molecule has 2 nitrogen and oxygen atoms in total. The molecule has 0 bridgehead atoms. The Morgan fingerprint density at radius 2 is 1.81 bits per heavy atom. The van der Waals surface area contributed by atoms with Crippen molar-refractivity contribution in [3.05, 3.63) is 29.1 Å². The summed E-state index contributed by atoms with van der Waals surface area (Å²) in [5.74, 6) is -1.69. The third kappa shape index (κ3) is 3.48. The van der Waals surface area contributed by atoms with Gasteiger partial charge in [0.25, 0.3) is 0 Å². The number of hydrogen-bond donors (Lipinski definition) is 1. The number of benzene rings is 1. The van der Waals surface area contributed by atoms with E-state index in [4.69, 9.17) is 0 Å². The van der Waals surface area contributed by atoms with E-state index in [0.717, 1.165) is 0 Å². The van der Waals surface area contributed by atoms with Gasteiger partial charge in [0.1, 0.15) is 5.82 Å². The average molecular weight is 305 g/mol. The quantitative estimate of drug-likeness (QED) is 0.836. The van der Waals surface area contributed by atoms with E-state index < -0.39 is 24.0 Å². The second-order valence-electron chi connectivity index (χ2n) is 5.64. The highest BCUT2D eigenvalue weighted by Crippen LogP contribution is 2.37. The zero-order valence-electron chi connectivity index (χ0n) is 12.0. The summed E-state index contributed by atoms with van der Waals surface area (Å²) < 4.78 is 51.7. The fourth-order valence-electron chi connectivity index (χ4n) is 2.74. The Morgan fingerprint density at radius 3 is 2.29 bits per heavy atom. The third-order valence-corrected chi connectivity index (χ3v) is 4.06. The molecule has 1 saturated heterocycles. The van der Waals surface area contributed by atoms with Crippen molar-refractivity contribution >= 4 is 5.69 Å². The number of piperidine rings is 1. The van der Waals surface area contributed by atoms with Gasteiger partial charge in [-0.05, 0) is 44.4 Å². The Hall–Kier alpha value is -1.30. The molecule has 1 N–H and O–H groups in total. The van der Waals surface area contributed by atoms with Gasteiger partial charge in [-0.15, -0.1) is 0 Å². The van der Waals surface area contributed by atoms with E-state index in [2.05, 4.69) is 0 Å². The first kappa shape index (κ1) is 16.1. The van der Waals surface area contributed by atoms with Gasteiger partial charge >= 0.3 is 6.18 Å². The molecule has 2 rings (SSSR count). The van der Waals surface area contributed by atoms with Gasteiger partial charge in [-0.2, -0.15) is 13.2 Å². The molecule has 0 saturated carbocycles. The topological polar surface area (TPSA) is 23.5 Å². The smallest absolute Gasteiger partial charge is 0.389 e. The van der Waals surface area contributed by atoms with Crippen LogP contribution in [0.3, 0.4) is 0 Å². The van der Waals surface area contributed by atoms with Crippen LogP contribution in [0.25, 0.3) is 0 Å². The van der Waals surface area contributed by atoms with Crippen molar-refractivity contribution in [2.75, 3.05) is 18.0 Å². The molecule has 1 aromatic rings. The van der Waals surface area contributed by atoms with Crippen LogP contribution in [0, 0.1) is 18.7 Å². The minimum Gasteiger partial charge on any atom is -0.389 e. The predicted octanol–water partition coefficient (Wildman–Crippen LogP) is 3.97. The molecule has 0 unspecified atom stereocenters. The van der Waals surface area contributed by atoms with Crippen LogP contribution in [0.15, 0.2) is 12.1 Å². The van der Waals surface area contributed by atoms with Crippen LogP contribution < -0.4 is 4.90 Å². The largest absolute Gasteiger partial charge is 0.391 e. The fraction of sp³-hybridized carbons (Fsp3) is 0.600. The minimum atomic E-state index is -4.15. The highest BCUT2D eigenvalue weighted by atomic mass is 19.4. The van der Waals surface area contributed by atoms with Gasteiger partial charge < -0.3 is 10.0 Å². The maximum Gasteiger partial charge on any atom is 0.391 e. The van der Waals surface area contributed by atoms with Crippen molar-refractivity contribution in [2.45, 2.75) is 39.0 Å². The van der Waals surface area contributed by atoms with Gasteiger partial charge in [-0.3, -0.25) is 0 Å². The Balaban J connectivity index is 2.22. The van der Waals surface area contributed by atoms with Crippen LogP contribution in [-0.2, 0) is 0 Å². The molecule has 1 atom stereocenters. The molecule has 1 fully saturated rings. The van der Waals surface area contributed by atoms with Gasteiger partial charge in [0.05, 0.1) is 12.0 Å². The Morgan fingerprint density at radius 1 is 1.24 bits per heavy atom. The molecule has 0 spiro atoms. The number of anilines is 1. The van der Waals surface area contributed by atoms with Crippen LogP contribution in [-0.4, -0.2) is 24.4 Å². The first-order chi connectivity index (χ1) is 9.70. The van der Waals surface area contributed by atoms with E-state index in [9.17, 15) is 22.7 Å². The molecule has 1 aliphatic rings. The van der Waals surface area contributed by atoms with Crippen molar-refractivity contribution < 1.29 is 22.7 Å². The molecular formula is C15H19F4NO. The zero-order valence-corrected chi connectivity index (χ0v) is 12.0. The maximum atomic E-state index is 13.6. The lowest BCUT2D eigenvalue weighted by Gasteiger charge is -2.36. The van der Waals surface area contributed by atoms with Crippen LogP contribution in [0.1, 0.15) is 37.0 Å². The van der Waals surface area contributed by atoms with E-state index in [-0.39, 0.29) is 25.9 Å². The van der Waals surface area contributed by atoms with Crippen molar-refractivity contribution in [1.82, 2.24) is 0 Å². The molecule has 118 valence electrons. The minimum absolute atomic E-state index is 0.0270. The summed E-state index contributed by atoms with van der Waals surface area (Å²) in [6.45, 7) is 3.65. The normalized spacial score (nSPS) is 18.9. The number of aliphatic hydroxyl groups is 1. The highest BCUT2D eigenvalue weighted by Gasteiger charge is 2.41. The Bertz CT molecular complexity index is 505. The number of rotatable bonds is 2. The van der Waals surface area contributed by atoms with Crippen molar-refractivity contribution in [2.24, 2.45) is 5.92 Å². The Labute approximate surface area is 121 Å². The monoisotopic (exact) mass is 305 g/mol. The van der Waals surface area contributed by atoms with Gasteiger partial charge in [0, 0.05) is 24.3 Å². The fourth-order valence-corrected chi connectivity index (χ4v) is 2.74. The second-order valence-corrected chi connectivity index (χ2v) is 5.64. The summed E-state index contributed by atoms with van der Waals surface area (Å²) in [5, 5.41) is 9.76. The van der Waals surface area contributed by atoms with Crippen molar-refractivity contribution in [3.8, 4) is 0 Å². The summed E-state index contributed by atoms with van der Waals surface area (Å²) in [7, 11) is 0. The highest BCUT2D eigenvalue weighted by molar-refractivity contribution is 5.57. The molecule has 1 aromatic carbocycles. The number of aliphatic hydroxyl groups excluding tert-OH is 1. The number of nitrogens with zero attached hydrogens (tertiary/aromatic N) is 1. The molecular weight excluding hydrogens is 286 g/mol. The van der Waals surface area contributed by atoms with Gasteiger partial charge in [0.2, 0.25) is 0 Å². The van der Waals surface area contributed by atoms with Gasteiger partial charge in [0.15, 0.2) is 0 Å².